The van der Waals surface area contributed by atoms with Gasteiger partial charge in [-0.1, -0.05) is 60.7 Å². The van der Waals surface area contributed by atoms with E-state index in [-0.39, 0.29) is 23.0 Å². The largest absolute Gasteiger partial charge is 0.514 e. The van der Waals surface area contributed by atoms with Crippen molar-refractivity contribution in [1.82, 2.24) is 0 Å². The van der Waals surface area contributed by atoms with Crippen molar-refractivity contribution in [3.63, 3.8) is 0 Å². The molecule has 1 aliphatic rings. The predicted octanol–water partition coefficient (Wildman–Crippen LogP) is 11.9. The molecule has 0 N–H and O–H groups in total. The summed E-state index contributed by atoms with van der Waals surface area (Å²) in [5.74, 6) is -0.356. The van der Waals surface area contributed by atoms with E-state index in [1.165, 1.54) is 0 Å². The number of benzene rings is 4. The van der Waals surface area contributed by atoms with Crippen molar-refractivity contribution in [3.05, 3.63) is 106 Å². The Morgan fingerprint density at radius 1 is 0.424 bits per heavy atom. The van der Waals surface area contributed by atoms with E-state index in [0.29, 0.717) is 22.3 Å². The van der Waals surface area contributed by atoms with Gasteiger partial charge >= 0.3 is 24.6 Å². The lowest BCUT2D eigenvalue weighted by Crippen LogP contribution is -2.31. The topological polar surface area (TPSA) is 142 Å². The second-order valence-corrected chi connectivity index (χ2v) is 18.3. The number of hydrogen-bond donors (Lipinski definition) is 0. The molecule has 0 aromatic heterocycles. The van der Waals surface area contributed by atoms with E-state index < -0.39 is 52.4 Å². The first kappa shape index (κ1) is 44.1. The molecule has 0 aliphatic heterocycles. The number of carbonyl (C=O) groups excluding carboxylic acids is 4. The van der Waals surface area contributed by atoms with Crippen molar-refractivity contribution < 1.29 is 57.1 Å². The van der Waals surface area contributed by atoms with Crippen LogP contribution in [0.15, 0.2) is 72.8 Å². The maximum atomic E-state index is 13.4. The Labute approximate surface area is 346 Å². The van der Waals surface area contributed by atoms with Crippen LogP contribution < -0.4 is 18.9 Å². The van der Waals surface area contributed by atoms with E-state index in [4.69, 9.17) is 37.9 Å². The fraction of sp³-hybridized carbons (Fsp3) is 0.404. The minimum absolute atomic E-state index is 0.0604. The third-order valence-electron chi connectivity index (χ3n) is 8.61. The molecule has 59 heavy (non-hydrogen) atoms. The van der Waals surface area contributed by atoms with Crippen LogP contribution in [0.3, 0.4) is 0 Å². The number of rotatable bonds is 6. The fourth-order valence-electron chi connectivity index (χ4n) is 6.78. The Morgan fingerprint density at radius 3 is 1.02 bits per heavy atom. The second-order valence-electron chi connectivity index (χ2n) is 18.3. The minimum Gasteiger partial charge on any atom is -0.428 e. The summed E-state index contributed by atoms with van der Waals surface area (Å²) in [6, 6.07) is 22.6. The van der Waals surface area contributed by atoms with Crippen LogP contribution in [0.4, 0.5) is 19.2 Å². The highest BCUT2D eigenvalue weighted by molar-refractivity contribution is 5.87. The van der Waals surface area contributed by atoms with Crippen molar-refractivity contribution in [2.24, 2.45) is 0 Å². The Balaban J connectivity index is 1.85. The maximum Gasteiger partial charge on any atom is 0.514 e. The van der Waals surface area contributed by atoms with E-state index >= 15 is 0 Å². The highest BCUT2D eigenvalue weighted by atomic mass is 16.8. The van der Waals surface area contributed by atoms with Crippen LogP contribution in [0.25, 0.3) is 11.1 Å². The third kappa shape index (κ3) is 10.3. The highest BCUT2D eigenvalue weighted by Crippen LogP contribution is 2.58. The van der Waals surface area contributed by atoms with E-state index in [2.05, 4.69) is 0 Å². The lowest BCUT2D eigenvalue weighted by Gasteiger charge is -2.35. The van der Waals surface area contributed by atoms with Gasteiger partial charge < -0.3 is 37.9 Å². The summed E-state index contributed by atoms with van der Waals surface area (Å²) in [6.45, 7) is 23.8. The molecule has 0 saturated heterocycles. The molecule has 0 heterocycles. The zero-order chi connectivity index (χ0) is 43.9. The molecule has 4 aromatic carbocycles. The zero-order valence-electron chi connectivity index (χ0n) is 36.3. The summed E-state index contributed by atoms with van der Waals surface area (Å²) >= 11 is 0. The Kier molecular flexibility index (Phi) is 11.9. The van der Waals surface area contributed by atoms with E-state index in [0.717, 1.165) is 22.3 Å². The normalized spacial score (nSPS) is 13.3. The third-order valence-corrected chi connectivity index (χ3v) is 8.61. The molecule has 4 aromatic rings. The summed E-state index contributed by atoms with van der Waals surface area (Å²) in [4.78, 5) is 53.0. The first-order valence-corrected chi connectivity index (χ1v) is 19.3. The van der Waals surface area contributed by atoms with Crippen molar-refractivity contribution in [2.45, 2.75) is 125 Å². The zero-order valence-corrected chi connectivity index (χ0v) is 36.3. The van der Waals surface area contributed by atoms with Gasteiger partial charge in [-0.2, -0.15) is 0 Å². The van der Waals surface area contributed by atoms with Gasteiger partial charge in [-0.3, -0.25) is 0 Å². The van der Waals surface area contributed by atoms with Gasteiger partial charge in [-0.25, -0.2) is 19.2 Å². The van der Waals surface area contributed by atoms with Gasteiger partial charge in [0.1, 0.15) is 22.4 Å². The van der Waals surface area contributed by atoms with Crippen molar-refractivity contribution in [1.29, 1.82) is 0 Å². The van der Waals surface area contributed by atoms with Crippen LogP contribution >= 0.6 is 0 Å². The molecular formula is C47H54O12. The van der Waals surface area contributed by atoms with Gasteiger partial charge in [0.15, 0.2) is 23.0 Å². The summed E-state index contributed by atoms with van der Waals surface area (Å²) in [6.07, 6.45) is -4.07. The van der Waals surface area contributed by atoms with Gasteiger partial charge in [-0.15, -0.1) is 0 Å². The van der Waals surface area contributed by atoms with Crippen LogP contribution in [0.2, 0.25) is 0 Å². The monoisotopic (exact) mass is 810 g/mol. The van der Waals surface area contributed by atoms with Crippen molar-refractivity contribution in [2.75, 3.05) is 0 Å². The number of aryl methyl sites for hydroxylation is 2. The summed E-state index contributed by atoms with van der Waals surface area (Å²) in [5.41, 5.74) is 0.644. The van der Waals surface area contributed by atoms with Crippen LogP contribution in [0, 0.1) is 13.8 Å². The van der Waals surface area contributed by atoms with Crippen LogP contribution in [0.5, 0.6) is 23.0 Å². The van der Waals surface area contributed by atoms with Gasteiger partial charge in [0.2, 0.25) is 0 Å². The Bertz CT molecular complexity index is 2120. The number of carbonyl (C=O) groups is 4. The van der Waals surface area contributed by atoms with E-state index in [1.54, 1.807) is 109 Å². The highest BCUT2D eigenvalue weighted by Gasteiger charge is 2.48. The molecule has 0 radical (unpaired) electrons. The number of ether oxygens (including phenoxy) is 8. The van der Waals surface area contributed by atoms with Gasteiger partial charge in [-0.05, 0) is 154 Å². The smallest absolute Gasteiger partial charge is 0.428 e. The molecule has 0 amide bonds. The molecule has 314 valence electrons. The lowest BCUT2D eigenvalue weighted by atomic mass is 9.67. The standard InChI is InChI=1S/C47H54O12/c1-27-23-29(25-35(52-39(48)56-43(3,4)5)37(27)54-41(50)58-45(9,10)11)47(33-21-17-15-19-31(33)32-20-16-18-22-34(32)47)30-24-28(2)38(55-42(51)59-46(12,13)14)36(26-30)53-40(49)57-44(6,7)8/h15-26H,1-14H3. The second kappa shape index (κ2) is 16.0. The van der Waals surface area contributed by atoms with Crippen LogP contribution in [-0.4, -0.2) is 47.0 Å². The summed E-state index contributed by atoms with van der Waals surface area (Å²) in [7, 11) is 0. The van der Waals surface area contributed by atoms with Gasteiger partial charge in [0.05, 0.1) is 5.41 Å². The van der Waals surface area contributed by atoms with Crippen LogP contribution in [0.1, 0.15) is 116 Å². The van der Waals surface area contributed by atoms with E-state index in [1.807, 2.05) is 60.7 Å². The van der Waals surface area contributed by atoms with E-state index in [9.17, 15) is 19.2 Å². The quantitative estimate of drug-likeness (QED) is 0.0915. The minimum atomic E-state index is -1.23. The molecule has 0 unspecified atom stereocenters. The SMILES string of the molecule is Cc1cc(C2(c3cc(C)c(OC(=O)OC(C)(C)C)c(OC(=O)OC(C)(C)C)c3)c3ccccc3-c3ccccc32)cc(OC(=O)OC(C)(C)C)c1OC(=O)OC(C)(C)C. The van der Waals surface area contributed by atoms with Crippen molar-refractivity contribution >= 4 is 24.6 Å². The van der Waals surface area contributed by atoms with Gasteiger partial charge in [0, 0.05) is 0 Å². The summed E-state index contributed by atoms with van der Waals surface area (Å²) in [5, 5.41) is 0. The molecule has 12 nitrogen and oxygen atoms in total. The van der Waals surface area contributed by atoms with Crippen molar-refractivity contribution in [3.8, 4) is 34.1 Å². The molecule has 0 spiro atoms. The molecule has 0 atom stereocenters. The molecule has 5 rings (SSSR count). The first-order chi connectivity index (χ1) is 27.2. The molecule has 1 aliphatic carbocycles. The Morgan fingerprint density at radius 2 is 0.712 bits per heavy atom. The number of hydrogen-bond acceptors (Lipinski definition) is 12. The predicted molar refractivity (Wildman–Crippen MR) is 221 cm³/mol. The average molecular weight is 811 g/mol. The Hall–Kier alpha value is -6.04. The molecule has 0 saturated carbocycles. The van der Waals surface area contributed by atoms with Gasteiger partial charge in [0.25, 0.3) is 0 Å². The summed E-state index contributed by atoms with van der Waals surface area (Å²) < 4.78 is 45.3. The molecule has 0 bridgehead atoms. The maximum absolute atomic E-state index is 13.4. The first-order valence-electron chi connectivity index (χ1n) is 19.3. The molecule has 0 fully saturated rings. The number of fused-ring (bicyclic) bond motifs is 3. The lowest BCUT2D eigenvalue weighted by molar-refractivity contribution is 0.0136. The fourth-order valence-corrected chi connectivity index (χ4v) is 6.78. The van der Waals surface area contributed by atoms with Crippen LogP contribution in [-0.2, 0) is 24.4 Å². The molecule has 12 heteroatoms. The average Bonchev–Trinajstić information content (AvgIpc) is 3.35. The molecular weight excluding hydrogens is 757 g/mol.